The lowest BCUT2D eigenvalue weighted by atomic mass is 10.1. The first kappa shape index (κ1) is 7.36. The van der Waals surface area contributed by atoms with Gasteiger partial charge in [0.05, 0.1) is 11.6 Å². The molecule has 0 aliphatic carbocycles. The minimum atomic E-state index is 0.606. The van der Waals surface area contributed by atoms with Crippen molar-refractivity contribution >= 4 is 11.8 Å². The number of rotatable bonds is 1. The highest BCUT2D eigenvalue weighted by Gasteiger charge is 1.95. The second kappa shape index (κ2) is 2.89. The molecule has 0 radical (unpaired) electrons. The Bertz CT molecular complexity index is 321. The molecule has 2 heteroatoms. The molecule has 0 bridgehead atoms. The van der Waals surface area contributed by atoms with Gasteiger partial charge in [-0.15, -0.1) is 0 Å². The van der Waals surface area contributed by atoms with E-state index in [1.54, 1.807) is 24.3 Å². The van der Waals surface area contributed by atoms with E-state index in [0.29, 0.717) is 11.3 Å². The largest absolute Gasteiger partial charge is 0.398 e. The van der Waals surface area contributed by atoms with Gasteiger partial charge in [0.1, 0.15) is 0 Å². The third-order valence-corrected chi connectivity index (χ3v) is 1.44. The topological polar surface area (TPSA) is 49.8 Å². The van der Waals surface area contributed by atoms with Crippen LogP contribution in [-0.4, -0.2) is 0 Å². The van der Waals surface area contributed by atoms with Crippen molar-refractivity contribution < 1.29 is 0 Å². The van der Waals surface area contributed by atoms with Crippen molar-refractivity contribution in [2.24, 2.45) is 0 Å². The van der Waals surface area contributed by atoms with Crippen LogP contribution < -0.4 is 5.73 Å². The summed E-state index contributed by atoms with van der Waals surface area (Å²) in [7, 11) is 0. The zero-order valence-electron chi connectivity index (χ0n) is 6.04. The van der Waals surface area contributed by atoms with E-state index in [4.69, 9.17) is 11.0 Å². The van der Waals surface area contributed by atoms with Crippen LogP contribution in [0.25, 0.3) is 6.08 Å². The molecule has 0 aromatic heterocycles. The van der Waals surface area contributed by atoms with Crippen LogP contribution in [0.2, 0.25) is 0 Å². The molecule has 0 spiro atoms. The van der Waals surface area contributed by atoms with E-state index in [9.17, 15) is 0 Å². The van der Waals surface area contributed by atoms with Crippen molar-refractivity contribution in [2.45, 2.75) is 0 Å². The summed E-state index contributed by atoms with van der Waals surface area (Å²) in [5.41, 5.74) is 7.64. The summed E-state index contributed by atoms with van der Waals surface area (Å²) < 4.78 is 0. The van der Waals surface area contributed by atoms with Crippen LogP contribution in [0.15, 0.2) is 24.8 Å². The molecular weight excluding hydrogens is 136 g/mol. The quantitative estimate of drug-likeness (QED) is 0.611. The molecule has 0 aliphatic heterocycles. The van der Waals surface area contributed by atoms with Crippen molar-refractivity contribution in [2.75, 3.05) is 5.73 Å². The van der Waals surface area contributed by atoms with Crippen LogP contribution in [0, 0.1) is 11.3 Å². The maximum absolute atomic E-state index is 8.52. The molecule has 0 aliphatic rings. The van der Waals surface area contributed by atoms with E-state index in [1.165, 1.54) is 0 Å². The van der Waals surface area contributed by atoms with E-state index in [2.05, 4.69) is 6.58 Å². The van der Waals surface area contributed by atoms with Crippen LogP contribution >= 0.6 is 0 Å². The molecule has 2 N–H and O–H groups in total. The molecule has 11 heavy (non-hydrogen) atoms. The number of nitriles is 1. The van der Waals surface area contributed by atoms with Crippen LogP contribution in [0.5, 0.6) is 0 Å². The number of anilines is 1. The van der Waals surface area contributed by atoms with Gasteiger partial charge in [0.25, 0.3) is 0 Å². The molecule has 0 unspecified atom stereocenters. The fraction of sp³-hybridized carbons (Fsp3) is 0. The predicted molar refractivity (Wildman–Crippen MR) is 45.7 cm³/mol. The van der Waals surface area contributed by atoms with Gasteiger partial charge < -0.3 is 5.73 Å². The van der Waals surface area contributed by atoms with Gasteiger partial charge in [-0.2, -0.15) is 5.26 Å². The first-order chi connectivity index (χ1) is 5.27. The zero-order chi connectivity index (χ0) is 8.27. The Hall–Kier alpha value is -1.75. The summed E-state index contributed by atoms with van der Waals surface area (Å²) in [6, 6.07) is 7.12. The average molecular weight is 144 g/mol. The standard InChI is InChI=1S/C9H8N2/c1-2-8-5-7(6-10)3-4-9(8)11/h2-5H,1,11H2. The lowest BCUT2D eigenvalue weighted by molar-refractivity contribution is 1.48. The van der Waals surface area contributed by atoms with Gasteiger partial charge in [-0.3, -0.25) is 0 Å². The predicted octanol–water partition coefficient (Wildman–Crippen LogP) is 1.78. The Morgan fingerprint density at radius 1 is 1.55 bits per heavy atom. The lowest BCUT2D eigenvalue weighted by Gasteiger charge is -1.98. The summed E-state index contributed by atoms with van der Waals surface area (Å²) >= 11 is 0. The molecule has 0 heterocycles. The minimum Gasteiger partial charge on any atom is -0.398 e. The van der Waals surface area contributed by atoms with E-state index in [0.717, 1.165) is 5.56 Å². The van der Waals surface area contributed by atoms with Crippen LogP contribution in [0.1, 0.15) is 11.1 Å². The third kappa shape index (κ3) is 1.39. The number of benzene rings is 1. The maximum atomic E-state index is 8.52. The van der Waals surface area contributed by atoms with Gasteiger partial charge in [-0.1, -0.05) is 12.7 Å². The van der Waals surface area contributed by atoms with Crippen LogP contribution in [0.3, 0.4) is 0 Å². The molecule has 0 atom stereocenters. The Morgan fingerprint density at radius 3 is 2.82 bits per heavy atom. The number of hydrogen-bond donors (Lipinski definition) is 1. The van der Waals surface area contributed by atoms with Gasteiger partial charge in [-0.25, -0.2) is 0 Å². The molecule has 0 saturated carbocycles. The summed E-state index contributed by atoms with van der Waals surface area (Å²) in [6.45, 7) is 3.58. The first-order valence-electron chi connectivity index (χ1n) is 3.20. The fourth-order valence-electron chi connectivity index (χ4n) is 0.821. The number of nitrogen functional groups attached to an aromatic ring is 1. The van der Waals surface area contributed by atoms with Gasteiger partial charge in [0, 0.05) is 5.69 Å². The Morgan fingerprint density at radius 2 is 2.27 bits per heavy atom. The van der Waals surface area contributed by atoms with Crippen LogP contribution in [-0.2, 0) is 0 Å². The van der Waals surface area contributed by atoms with E-state index in [-0.39, 0.29) is 0 Å². The molecule has 1 aromatic rings. The second-order valence-corrected chi connectivity index (χ2v) is 2.16. The number of nitrogens with zero attached hydrogens (tertiary/aromatic N) is 1. The number of nitrogens with two attached hydrogens (primary N) is 1. The smallest absolute Gasteiger partial charge is 0.0991 e. The Balaban J connectivity index is 3.25. The van der Waals surface area contributed by atoms with E-state index < -0.39 is 0 Å². The van der Waals surface area contributed by atoms with Gasteiger partial charge >= 0.3 is 0 Å². The average Bonchev–Trinajstić information content (AvgIpc) is 2.05. The van der Waals surface area contributed by atoms with Crippen LogP contribution in [0.4, 0.5) is 5.69 Å². The normalized spacial score (nSPS) is 8.64. The Kier molecular flexibility index (Phi) is 1.93. The minimum absolute atomic E-state index is 0.606. The summed E-state index contributed by atoms with van der Waals surface area (Å²) in [4.78, 5) is 0. The summed E-state index contributed by atoms with van der Waals surface area (Å²) in [5, 5.41) is 8.52. The molecule has 0 saturated heterocycles. The molecule has 1 aromatic carbocycles. The third-order valence-electron chi connectivity index (χ3n) is 1.44. The van der Waals surface area contributed by atoms with Crippen molar-refractivity contribution in [3.05, 3.63) is 35.9 Å². The molecular formula is C9H8N2. The molecule has 2 nitrogen and oxygen atoms in total. The molecule has 54 valence electrons. The highest BCUT2D eigenvalue weighted by atomic mass is 14.5. The molecule has 0 amide bonds. The second-order valence-electron chi connectivity index (χ2n) is 2.16. The number of hydrogen-bond acceptors (Lipinski definition) is 2. The van der Waals surface area contributed by atoms with Crippen molar-refractivity contribution in [1.29, 1.82) is 5.26 Å². The SMILES string of the molecule is C=Cc1cc(C#N)ccc1N. The Labute approximate surface area is 65.6 Å². The maximum Gasteiger partial charge on any atom is 0.0991 e. The van der Waals surface area contributed by atoms with Gasteiger partial charge in [0.2, 0.25) is 0 Å². The van der Waals surface area contributed by atoms with Gasteiger partial charge in [-0.05, 0) is 23.8 Å². The van der Waals surface area contributed by atoms with Crippen molar-refractivity contribution in [3.8, 4) is 6.07 Å². The fourth-order valence-corrected chi connectivity index (χ4v) is 0.821. The van der Waals surface area contributed by atoms with Crippen molar-refractivity contribution in [1.82, 2.24) is 0 Å². The highest BCUT2D eigenvalue weighted by Crippen LogP contribution is 2.14. The highest BCUT2D eigenvalue weighted by molar-refractivity contribution is 5.65. The van der Waals surface area contributed by atoms with E-state index >= 15 is 0 Å². The van der Waals surface area contributed by atoms with E-state index in [1.807, 2.05) is 6.07 Å². The molecule has 0 fully saturated rings. The lowest BCUT2D eigenvalue weighted by Crippen LogP contribution is -1.89. The monoisotopic (exact) mass is 144 g/mol. The van der Waals surface area contributed by atoms with Crippen molar-refractivity contribution in [3.63, 3.8) is 0 Å². The van der Waals surface area contributed by atoms with Gasteiger partial charge in [0.15, 0.2) is 0 Å². The molecule has 1 rings (SSSR count). The first-order valence-corrected chi connectivity index (χ1v) is 3.20. The zero-order valence-corrected chi connectivity index (χ0v) is 6.04. The summed E-state index contributed by atoms with van der Waals surface area (Å²) in [6.07, 6.45) is 1.64. The summed E-state index contributed by atoms with van der Waals surface area (Å²) in [5.74, 6) is 0.